The summed E-state index contributed by atoms with van der Waals surface area (Å²) in [6, 6.07) is 3.56. The molecule has 0 aliphatic heterocycles. The van der Waals surface area contributed by atoms with Crippen molar-refractivity contribution in [1.29, 1.82) is 0 Å². The van der Waals surface area contributed by atoms with Crippen molar-refractivity contribution in [1.82, 2.24) is 4.90 Å². The molecule has 0 atom stereocenters. The zero-order chi connectivity index (χ0) is 11.7. The number of amides is 1. The zero-order valence-electron chi connectivity index (χ0n) is 9.04. The molecule has 1 aromatic carbocycles. The minimum atomic E-state index is -0.974. The molecule has 1 aliphatic carbocycles. The normalized spacial score (nSPS) is 14.9. The average Bonchev–Trinajstić information content (AvgIpc) is 3.07. The molecule has 1 aromatic rings. The lowest BCUT2D eigenvalue weighted by Crippen LogP contribution is -2.32. The van der Waals surface area contributed by atoms with Crippen LogP contribution >= 0.6 is 0 Å². The van der Waals surface area contributed by atoms with E-state index in [9.17, 15) is 13.6 Å². The fraction of sp³-hybridized carbons (Fsp3) is 0.417. The predicted molar refractivity (Wildman–Crippen MR) is 56.1 cm³/mol. The molecule has 1 amide bonds. The van der Waals surface area contributed by atoms with Gasteiger partial charge in [0.1, 0.15) is 0 Å². The fourth-order valence-electron chi connectivity index (χ4n) is 1.75. The first-order valence-corrected chi connectivity index (χ1v) is 5.39. The van der Waals surface area contributed by atoms with Crippen LogP contribution in [0, 0.1) is 11.6 Å². The summed E-state index contributed by atoms with van der Waals surface area (Å²) in [4.78, 5) is 13.7. The largest absolute Gasteiger partial charge is 0.336 e. The van der Waals surface area contributed by atoms with Crippen molar-refractivity contribution in [2.24, 2.45) is 0 Å². The van der Waals surface area contributed by atoms with Gasteiger partial charge in [-0.05, 0) is 38.0 Å². The molecule has 86 valence electrons. The van der Waals surface area contributed by atoms with Crippen LogP contribution in [0.4, 0.5) is 8.78 Å². The number of rotatable bonds is 3. The van der Waals surface area contributed by atoms with Crippen molar-refractivity contribution >= 4 is 5.91 Å². The molecule has 2 nitrogen and oxygen atoms in total. The van der Waals surface area contributed by atoms with Gasteiger partial charge in [-0.1, -0.05) is 0 Å². The van der Waals surface area contributed by atoms with Crippen LogP contribution < -0.4 is 0 Å². The Balaban J connectivity index is 2.22. The Hall–Kier alpha value is -1.45. The maximum Gasteiger partial charge on any atom is 0.254 e. The molecular formula is C12H13F2NO. The lowest BCUT2D eigenvalue weighted by molar-refractivity contribution is 0.0752. The van der Waals surface area contributed by atoms with Crippen LogP contribution in [-0.2, 0) is 0 Å². The quantitative estimate of drug-likeness (QED) is 0.774. The van der Waals surface area contributed by atoms with E-state index in [1.54, 1.807) is 4.90 Å². The third kappa shape index (κ3) is 2.05. The van der Waals surface area contributed by atoms with Gasteiger partial charge in [-0.3, -0.25) is 4.79 Å². The summed E-state index contributed by atoms with van der Waals surface area (Å²) >= 11 is 0. The van der Waals surface area contributed by atoms with E-state index in [0.29, 0.717) is 6.54 Å². The van der Waals surface area contributed by atoms with Gasteiger partial charge in [0.05, 0.1) is 0 Å². The van der Waals surface area contributed by atoms with Gasteiger partial charge in [-0.2, -0.15) is 0 Å². The summed E-state index contributed by atoms with van der Waals surface area (Å²) in [6.07, 6.45) is 2.01. The summed E-state index contributed by atoms with van der Waals surface area (Å²) in [5.41, 5.74) is 0.215. The van der Waals surface area contributed by atoms with Crippen molar-refractivity contribution in [3.8, 4) is 0 Å². The van der Waals surface area contributed by atoms with E-state index < -0.39 is 11.6 Å². The first-order chi connectivity index (χ1) is 7.63. The molecular weight excluding hydrogens is 212 g/mol. The molecule has 0 saturated heterocycles. The SMILES string of the molecule is CCN(C(=O)c1ccc(F)c(F)c1)C1CC1. The summed E-state index contributed by atoms with van der Waals surface area (Å²) < 4.78 is 25.7. The van der Waals surface area contributed by atoms with E-state index in [1.165, 1.54) is 6.07 Å². The highest BCUT2D eigenvalue weighted by Gasteiger charge is 2.31. The molecule has 16 heavy (non-hydrogen) atoms. The van der Waals surface area contributed by atoms with Crippen LogP contribution in [-0.4, -0.2) is 23.4 Å². The van der Waals surface area contributed by atoms with Crippen molar-refractivity contribution in [3.05, 3.63) is 35.4 Å². The molecule has 1 saturated carbocycles. The molecule has 0 spiro atoms. The Kier molecular flexibility index (Phi) is 2.90. The van der Waals surface area contributed by atoms with E-state index >= 15 is 0 Å². The third-order valence-corrected chi connectivity index (χ3v) is 2.76. The van der Waals surface area contributed by atoms with Crippen LogP contribution in [0.2, 0.25) is 0 Å². The second kappa shape index (κ2) is 4.20. The molecule has 0 bridgehead atoms. The standard InChI is InChI=1S/C12H13F2NO/c1-2-15(9-4-5-9)12(16)8-3-6-10(13)11(14)7-8/h3,6-7,9H,2,4-5H2,1H3. The van der Waals surface area contributed by atoms with E-state index in [1.807, 2.05) is 6.92 Å². The molecule has 0 radical (unpaired) electrons. The van der Waals surface area contributed by atoms with Gasteiger partial charge in [0.15, 0.2) is 11.6 Å². The fourth-order valence-corrected chi connectivity index (χ4v) is 1.75. The molecule has 0 N–H and O–H groups in total. The molecule has 2 rings (SSSR count). The van der Waals surface area contributed by atoms with Gasteiger partial charge in [0.25, 0.3) is 5.91 Å². The Morgan fingerprint density at radius 3 is 2.56 bits per heavy atom. The number of halogens is 2. The minimum absolute atomic E-state index is 0.215. The van der Waals surface area contributed by atoms with Crippen LogP contribution in [0.25, 0.3) is 0 Å². The number of hydrogen-bond donors (Lipinski definition) is 0. The molecule has 0 heterocycles. The second-order valence-corrected chi connectivity index (χ2v) is 3.95. The number of hydrogen-bond acceptors (Lipinski definition) is 1. The predicted octanol–water partition coefficient (Wildman–Crippen LogP) is 2.59. The van der Waals surface area contributed by atoms with Crippen molar-refractivity contribution < 1.29 is 13.6 Å². The maximum absolute atomic E-state index is 13.0. The van der Waals surface area contributed by atoms with Crippen molar-refractivity contribution in [2.45, 2.75) is 25.8 Å². The first-order valence-electron chi connectivity index (χ1n) is 5.39. The highest BCUT2D eigenvalue weighted by Crippen LogP contribution is 2.28. The zero-order valence-corrected chi connectivity index (χ0v) is 9.04. The summed E-state index contributed by atoms with van der Waals surface area (Å²) in [5.74, 6) is -2.12. The Morgan fingerprint density at radius 1 is 1.38 bits per heavy atom. The smallest absolute Gasteiger partial charge is 0.254 e. The van der Waals surface area contributed by atoms with E-state index in [0.717, 1.165) is 25.0 Å². The maximum atomic E-state index is 13.0. The van der Waals surface area contributed by atoms with E-state index in [4.69, 9.17) is 0 Å². The number of benzene rings is 1. The lowest BCUT2D eigenvalue weighted by Gasteiger charge is -2.20. The highest BCUT2D eigenvalue weighted by molar-refractivity contribution is 5.94. The van der Waals surface area contributed by atoms with Crippen LogP contribution in [0.1, 0.15) is 30.1 Å². The van der Waals surface area contributed by atoms with Gasteiger partial charge >= 0.3 is 0 Å². The van der Waals surface area contributed by atoms with Gasteiger partial charge in [0, 0.05) is 18.2 Å². The van der Waals surface area contributed by atoms with Crippen LogP contribution in [0.15, 0.2) is 18.2 Å². The topological polar surface area (TPSA) is 20.3 Å². The van der Waals surface area contributed by atoms with E-state index in [-0.39, 0.29) is 17.5 Å². The van der Waals surface area contributed by atoms with Gasteiger partial charge < -0.3 is 4.90 Å². The summed E-state index contributed by atoms with van der Waals surface area (Å²) in [6.45, 7) is 2.48. The van der Waals surface area contributed by atoms with Gasteiger partial charge in [-0.25, -0.2) is 8.78 Å². The minimum Gasteiger partial charge on any atom is -0.336 e. The molecule has 1 aliphatic rings. The molecule has 1 fully saturated rings. The van der Waals surface area contributed by atoms with Crippen LogP contribution in [0.3, 0.4) is 0 Å². The molecule has 0 unspecified atom stereocenters. The highest BCUT2D eigenvalue weighted by atomic mass is 19.2. The third-order valence-electron chi connectivity index (χ3n) is 2.76. The van der Waals surface area contributed by atoms with Gasteiger partial charge in [0.2, 0.25) is 0 Å². The Morgan fingerprint density at radius 2 is 2.06 bits per heavy atom. The number of carbonyl (C=O) groups is 1. The monoisotopic (exact) mass is 225 g/mol. The van der Waals surface area contributed by atoms with Crippen molar-refractivity contribution in [2.75, 3.05) is 6.54 Å². The molecule has 0 aromatic heterocycles. The Labute approximate surface area is 92.9 Å². The first kappa shape index (κ1) is 11.0. The average molecular weight is 225 g/mol. The Bertz CT molecular complexity index is 415. The number of carbonyl (C=O) groups excluding carboxylic acids is 1. The summed E-state index contributed by atoms with van der Waals surface area (Å²) in [7, 11) is 0. The summed E-state index contributed by atoms with van der Waals surface area (Å²) in [5, 5.41) is 0. The van der Waals surface area contributed by atoms with Crippen molar-refractivity contribution in [3.63, 3.8) is 0 Å². The lowest BCUT2D eigenvalue weighted by atomic mass is 10.2. The van der Waals surface area contributed by atoms with Crippen LogP contribution in [0.5, 0.6) is 0 Å². The second-order valence-electron chi connectivity index (χ2n) is 3.95. The number of nitrogens with zero attached hydrogens (tertiary/aromatic N) is 1. The van der Waals surface area contributed by atoms with E-state index in [2.05, 4.69) is 0 Å². The van der Waals surface area contributed by atoms with Gasteiger partial charge in [-0.15, -0.1) is 0 Å². The molecule has 4 heteroatoms.